The number of nitrogens with zero attached hydrogens (tertiary/aromatic N) is 2. The minimum atomic E-state index is -0.612. The van der Waals surface area contributed by atoms with Crippen molar-refractivity contribution in [2.24, 2.45) is 0 Å². The number of non-ortho nitro benzene ring substituents is 1. The minimum Gasteiger partial charge on any atom is -0.496 e. The summed E-state index contributed by atoms with van der Waals surface area (Å²) in [5.74, 6) is 0.503. The van der Waals surface area contributed by atoms with E-state index < -0.39 is 22.7 Å². The van der Waals surface area contributed by atoms with Crippen molar-refractivity contribution in [2.75, 3.05) is 26.7 Å². The van der Waals surface area contributed by atoms with Crippen LogP contribution in [0.4, 0.5) is 10.5 Å². The van der Waals surface area contributed by atoms with E-state index in [-0.39, 0.29) is 5.69 Å². The van der Waals surface area contributed by atoms with Crippen LogP contribution in [-0.4, -0.2) is 48.3 Å². The van der Waals surface area contributed by atoms with Crippen LogP contribution in [-0.2, 0) is 4.74 Å². The molecule has 1 saturated heterocycles. The maximum atomic E-state index is 12.5. The van der Waals surface area contributed by atoms with Gasteiger partial charge in [-0.1, -0.05) is 0 Å². The molecule has 24 heavy (non-hydrogen) atoms. The van der Waals surface area contributed by atoms with E-state index in [2.05, 4.69) is 5.32 Å². The van der Waals surface area contributed by atoms with Gasteiger partial charge in [0.05, 0.1) is 18.1 Å². The Bertz CT molecular complexity index is 627. The average Bonchev–Trinajstić information content (AvgIpc) is 2.52. The summed E-state index contributed by atoms with van der Waals surface area (Å²) in [6.07, 6.45) is -0.442. The van der Waals surface area contributed by atoms with Gasteiger partial charge in [0.15, 0.2) is 0 Å². The lowest BCUT2D eigenvalue weighted by Gasteiger charge is -2.37. The van der Waals surface area contributed by atoms with Crippen LogP contribution >= 0.6 is 0 Å². The average molecular weight is 337 g/mol. The maximum absolute atomic E-state index is 12.5. The van der Waals surface area contributed by atoms with E-state index in [0.29, 0.717) is 30.9 Å². The van der Waals surface area contributed by atoms with Gasteiger partial charge in [-0.2, -0.15) is 0 Å². The Balaban J connectivity index is 2.37. The van der Waals surface area contributed by atoms with E-state index >= 15 is 0 Å². The fourth-order valence-corrected chi connectivity index (χ4v) is 2.62. The van der Waals surface area contributed by atoms with Gasteiger partial charge < -0.3 is 14.8 Å². The van der Waals surface area contributed by atoms with E-state index in [4.69, 9.17) is 9.47 Å². The SMILES string of the molecule is COc1ccc([N+](=O)[O-])cc1C1CNCCN1C(=O)OC(C)(C)C. The number of hydrogen-bond acceptors (Lipinski definition) is 6. The predicted octanol–water partition coefficient (Wildman–Crippen LogP) is 2.48. The molecule has 1 atom stereocenters. The predicted molar refractivity (Wildman–Crippen MR) is 88.2 cm³/mol. The molecule has 0 bridgehead atoms. The number of nitrogens with one attached hydrogen (secondary N) is 1. The summed E-state index contributed by atoms with van der Waals surface area (Å²) in [7, 11) is 1.50. The van der Waals surface area contributed by atoms with Gasteiger partial charge in [-0.25, -0.2) is 4.79 Å². The Labute approximate surface area is 140 Å². The molecule has 0 spiro atoms. The molecule has 0 aromatic heterocycles. The van der Waals surface area contributed by atoms with Gasteiger partial charge in [-0.05, 0) is 26.8 Å². The number of ether oxygens (including phenoxy) is 2. The molecule has 132 valence electrons. The van der Waals surface area contributed by atoms with Crippen LogP contribution in [0.3, 0.4) is 0 Å². The second-order valence-corrected chi connectivity index (χ2v) is 6.58. The van der Waals surface area contributed by atoms with Gasteiger partial charge >= 0.3 is 6.09 Å². The molecular weight excluding hydrogens is 314 g/mol. The Morgan fingerprint density at radius 3 is 2.71 bits per heavy atom. The van der Waals surface area contributed by atoms with Gasteiger partial charge in [0.2, 0.25) is 0 Å². The first-order valence-electron chi connectivity index (χ1n) is 7.75. The van der Waals surface area contributed by atoms with Crippen molar-refractivity contribution in [1.29, 1.82) is 0 Å². The summed E-state index contributed by atoms with van der Waals surface area (Å²) in [6, 6.07) is 3.99. The number of carbonyl (C=O) groups is 1. The lowest BCUT2D eigenvalue weighted by atomic mass is 10.0. The third-order valence-corrected chi connectivity index (χ3v) is 3.65. The molecule has 1 N–H and O–H groups in total. The normalized spacial score (nSPS) is 18.2. The Morgan fingerprint density at radius 2 is 2.12 bits per heavy atom. The summed E-state index contributed by atoms with van der Waals surface area (Å²) in [6.45, 7) is 6.96. The summed E-state index contributed by atoms with van der Waals surface area (Å²) in [5, 5.41) is 14.3. The maximum Gasteiger partial charge on any atom is 0.410 e. The van der Waals surface area contributed by atoms with Crippen LogP contribution in [0.1, 0.15) is 32.4 Å². The van der Waals surface area contributed by atoms with Gasteiger partial charge in [-0.3, -0.25) is 15.0 Å². The van der Waals surface area contributed by atoms with Crippen LogP contribution in [0.15, 0.2) is 18.2 Å². The standard InChI is InChI=1S/C16H23N3O5/c1-16(2,3)24-15(20)18-8-7-17-10-13(18)12-9-11(19(21)22)5-6-14(12)23-4/h5-6,9,13,17H,7-8,10H2,1-4H3. The fraction of sp³-hybridized carbons (Fsp3) is 0.562. The van der Waals surface area contributed by atoms with Gasteiger partial charge in [0.25, 0.3) is 5.69 Å². The highest BCUT2D eigenvalue weighted by molar-refractivity contribution is 5.69. The van der Waals surface area contributed by atoms with Crippen LogP contribution < -0.4 is 10.1 Å². The number of piperazine rings is 1. The quantitative estimate of drug-likeness (QED) is 0.673. The number of hydrogen-bond donors (Lipinski definition) is 1. The van der Waals surface area contributed by atoms with Crippen LogP contribution in [0, 0.1) is 10.1 Å². The van der Waals surface area contributed by atoms with Crippen LogP contribution in [0.25, 0.3) is 0 Å². The molecule has 1 amide bonds. The van der Waals surface area contributed by atoms with Gasteiger partial charge in [0, 0.05) is 37.3 Å². The van der Waals surface area contributed by atoms with Crippen molar-refractivity contribution >= 4 is 11.8 Å². The molecule has 8 nitrogen and oxygen atoms in total. The molecule has 1 heterocycles. The number of carbonyl (C=O) groups excluding carboxylic acids is 1. The zero-order chi connectivity index (χ0) is 17.9. The summed E-state index contributed by atoms with van der Waals surface area (Å²) >= 11 is 0. The first-order chi connectivity index (χ1) is 11.2. The zero-order valence-corrected chi connectivity index (χ0v) is 14.4. The lowest BCUT2D eigenvalue weighted by Crippen LogP contribution is -2.50. The Hall–Kier alpha value is -2.35. The number of nitro benzene ring substituents is 1. The van der Waals surface area contributed by atoms with E-state index in [0.717, 1.165) is 0 Å². The largest absolute Gasteiger partial charge is 0.496 e. The molecule has 8 heteroatoms. The molecule has 0 radical (unpaired) electrons. The van der Waals surface area contributed by atoms with Crippen molar-refractivity contribution in [3.63, 3.8) is 0 Å². The number of benzene rings is 1. The molecule has 1 aromatic carbocycles. The third-order valence-electron chi connectivity index (χ3n) is 3.65. The number of rotatable bonds is 3. The van der Waals surface area contributed by atoms with E-state index in [1.807, 2.05) is 0 Å². The second kappa shape index (κ2) is 7.04. The highest BCUT2D eigenvalue weighted by Gasteiger charge is 2.33. The fourth-order valence-electron chi connectivity index (χ4n) is 2.62. The highest BCUT2D eigenvalue weighted by atomic mass is 16.6. The molecule has 2 rings (SSSR count). The first-order valence-corrected chi connectivity index (χ1v) is 7.75. The van der Waals surface area contributed by atoms with Crippen LogP contribution in [0.2, 0.25) is 0 Å². The molecular formula is C16H23N3O5. The van der Waals surface area contributed by atoms with Crippen molar-refractivity contribution in [3.8, 4) is 5.75 Å². The Kier molecular flexibility index (Phi) is 5.28. The highest BCUT2D eigenvalue weighted by Crippen LogP contribution is 2.34. The van der Waals surface area contributed by atoms with Crippen molar-refractivity contribution < 1.29 is 19.2 Å². The van der Waals surface area contributed by atoms with Crippen molar-refractivity contribution in [1.82, 2.24) is 10.2 Å². The summed E-state index contributed by atoms with van der Waals surface area (Å²) in [5.41, 5.74) is -0.0653. The van der Waals surface area contributed by atoms with E-state index in [1.54, 1.807) is 31.7 Å². The number of amides is 1. The molecule has 1 fully saturated rings. The summed E-state index contributed by atoms with van der Waals surface area (Å²) < 4.78 is 10.8. The van der Waals surface area contributed by atoms with Crippen molar-refractivity contribution in [2.45, 2.75) is 32.4 Å². The third kappa shape index (κ3) is 4.14. The second-order valence-electron chi connectivity index (χ2n) is 6.58. The first kappa shape index (κ1) is 18.0. The Morgan fingerprint density at radius 1 is 1.42 bits per heavy atom. The summed E-state index contributed by atoms with van der Waals surface area (Å²) in [4.78, 5) is 24.7. The molecule has 0 aliphatic carbocycles. The van der Waals surface area contributed by atoms with Gasteiger partial charge in [0.1, 0.15) is 11.4 Å². The zero-order valence-electron chi connectivity index (χ0n) is 14.4. The van der Waals surface area contributed by atoms with Crippen molar-refractivity contribution in [3.05, 3.63) is 33.9 Å². The molecule has 0 saturated carbocycles. The smallest absolute Gasteiger partial charge is 0.410 e. The minimum absolute atomic E-state index is 0.0412. The number of nitro groups is 1. The molecule has 1 aliphatic rings. The monoisotopic (exact) mass is 337 g/mol. The molecule has 1 aromatic rings. The van der Waals surface area contributed by atoms with Crippen LogP contribution in [0.5, 0.6) is 5.75 Å². The molecule has 1 unspecified atom stereocenters. The van der Waals surface area contributed by atoms with E-state index in [9.17, 15) is 14.9 Å². The molecule has 1 aliphatic heterocycles. The lowest BCUT2D eigenvalue weighted by molar-refractivity contribution is -0.385. The van der Waals surface area contributed by atoms with Gasteiger partial charge in [-0.15, -0.1) is 0 Å². The van der Waals surface area contributed by atoms with E-state index in [1.165, 1.54) is 19.2 Å². The number of methoxy groups -OCH3 is 1. The topological polar surface area (TPSA) is 93.9 Å².